The lowest BCUT2D eigenvalue weighted by molar-refractivity contribution is -0.123. The van der Waals surface area contributed by atoms with Gasteiger partial charge in [-0.25, -0.2) is 0 Å². The van der Waals surface area contributed by atoms with Crippen LogP contribution in [0.25, 0.3) is 0 Å². The van der Waals surface area contributed by atoms with Crippen molar-refractivity contribution >= 4 is 11.7 Å². The van der Waals surface area contributed by atoms with Crippen LogP contribution in [0.3, 0.4) is 0 Å². The Morgan fingerprint density at radius 3 is 2.61 bits per heavy atom. The number of amides is 1. The molecule has 168 valence electrons. The third-order valence-electron chi connectivity index (χ3n) is 7.25. The molecule has 2 heterocycles. The maximum absolute atomic E-state index is 13.0. The van der Waals surface area contributed by atoms with Crippen LogP contribution in [-0.2, 0) is 14.3 Å². The lowest BCUT2D eigenvalue weighted by atomic mass is 9.90. The summed E-state index contributed by atoms with van der Waals surface area (Å²) >= 11 is 0. The molecule has 1 aromatic rings. The molecule has 1 amide bonds. The summed E-state index contributed by atoms with van der Waals surface area (Å²) in [5.41, 5.74) is 0.682. The number of ketones is 1. The van der Waals surface area contributed by atoms with Gasteiger partial charge in [-0.2, -0.15) is 0 Å². The SMILES string of the molecule is O=C(CC1COC2C(NC(=O)C3CC3)COC12)c1cccc(OCC2CCCCC2)c1. The van der Waals surface area contributed by atoms with E-state index in [0.717, 1.165) is 25.2 Å². The molecule has 0 spiro atoms. The standard InChI is InChI=1S/C25H33NO5/c27-22(18-7-4-8-20(11-18)29-13-16-5-2-1-3-6-16)12-19-14-30-24-21(15-31-23(19)24)26-25(28)17-9-10-17/h4,7-8,11,16-17,19,21,23-24H,1-3,5-6,9-10,12-15H2,(H,26,28). The van der Waals surface area contributed by atoms with E-state index in [9.17, 15) is 9.59 Å². The fourth-order valence-corrected chi connectivity index (χ4v) is 5.21. The molecule has 6 heteroatoms. The first-order valence-electron chi connectivity index (χ1n) is 12.0. The van der Waals surface area contributed by atoms with Gasteiger partial charge in [-0.1, -0.05) is 31.4 Å². The topological polar surface area (TPSA) is 73.9 Å². The third-order valence-corrected chi connectivity index (χ3v) is 7.25. The Morgan fingerprint density at radius 1 is 1.00 bits per heavy atom. The van der Waals surface area contributed by atoms with Crippen molar-refractivity contribution in [1.29, 1.82) is 0 Å². The quantitative estimate of drug-likeness (QED) is 0.643. The van der Waals surface area contributed by atoms with Crippen molar-refractivity contribution in [3.8, 4) is 5.75 Å². The second kappa shape index (κ2) is 9.29. The number of fused-ring (bicyclic) bond motifs is 1. The molecule has 2 aliphatic carbocycles. The molecule has 0 radical (unpaired) electrons. The fraction of sp³-hybridized carbons (Fsp3) is 0.680. The maximum Gasteiger partial charge on any atom is 0.223 e. The molecule has 6 nitrogen and oxygen atoms in total. The van der Waals surface area contributed by atoms with Crippen LogP contribution >= 0.6 is 0 Å². The zero-order valence-corrected chi connectivity index (χ0v) is 18.1. The van der Waals surface area contributed by atoms with Crippen LogP contribution in [0.5, 0.6) is 5.75 Å². The molecule has 4 aliphatic rings. The van der Waals surface area contributed by atoms with E-state index in [4.69, 9.17) is 14.2 Å². The van der Waals surface area contributed by atoms with E-state index in [0.29, 0.717) is 31.1 Å². The minimum Gasteiger partial charge on any atom is -0.493 e. The van der Waals surface area contributed by atoms with Crippen molar-refractivity contribution in [2.45, 2.75) is 69.6 Å². The van der Waals surface area contributed by atoms with E-state index in [1.807, 2.05) is 24.3 Å². The van der Waals surface area contributed by atoms with Gasteiger partial charge in [0.15, 0.2) is 5.78 Å². The summed E-state index contributed by atoms with van der Waals surface area (Å²) in [6, 6.07) is 7.45. The zero-order valence-electron chi connectivity index (χ0n) is 18.1. The molecule has 4 atom stereocenters. The first-order chi connectivity index (χ1) is 15.2. The van der Waals surface area contributed by atoms with Gasteiger partial charge in [0.25, 0.3) is 0 Å². The average molecular weight is 428 g/mol. The average Bonchev–Trinajstić information content (AvgIpc) is 3.48. The monoisotopic (exact) mass is 427 g/mol. The molecular weight excluding hydrogens is 394 g/mol. The lowest BCUT2D eigenvalue weighted by Crippen LogP contribution is -2.44. The maximum atomic E-state index is 13.0. The number of Topliss-reactive ketones (excluding diaryl/α,β-unsaturated/α-hetero) is 1. The molecule has 5 rings (SSSR count). The van der Waals surface area contributed by atoms with Gasteiger partial charge >= 0.3 is 0 Å². The van der Waals surface area contributed by atoms with E-state index in [1.165, 1.54) is 32.1 Å². The van der Waals surface area contributed by atoms with Gasteiger partial charge in [-0.05, 0) is 43.7 Å². The Hall–Kier alpha value is -1.92. The highest BCUT2D eigenvalue weighted by atomic mass is 16.6. The van der Waals surface area contributed by atoms with E-state index in [2.05, 4.69) is 5.32 Å². The number of nitrogens with one attached hydrogen (secondary N) is 1. The first kappa shape index (κ1) is 21.0. The van der Waals surface area contributed by atoms with Crippen LogP contribution in [0.15, 0.2) is 24.3 Å². The summed E-state index contributed by atoms with van der Waals surface area (Å²) in [4.78, 5) is 25.1. The van der Waals surface area contributed by atoms with Gasteiger partial charge in [0, 0.05) is 23.8 Å². The van der Waals surface area contributed by atoms with Gasteiger partial charge in [-0.3, -0.25) is 9.59 Å². The van der Waals surface area contributed by atoms with Gasteiger partial charge in [-0.15, -0.1) is 0 Å². The van der Waals surface area contributed by atoms with Gasteiger partial charge in [0.05, 0.1) is 32.0 Å². The van der Waals surface area contributed by atoms with E-state index in [-0.39, 0.29) is 41.8 Å². The fourth-order valence-electron chi connectivity index (χ4n) is 5.21. The van der Waals surface area contributed by atoms with Crippen molar-refractivity contribution < 1.29 is 23.8 Å². The van der Waals surface area contributed by atoms with Crippen molar-refractivity contribution in [3.05, 3.63) is 29.8 Å². The highest BCUT2D eigenvalue weighted by molar-refractivity contribution is 5.96. The molecule has 2 aliphatic heterocycles. The molecule has 31 heavy (non-hydrogen) atoms. The number of hydrogen-bond acceptors (Lipinski definition) is 5. The van der Waals surface area contributed by atoms with Gasteiger partial charge in [0.1, 0.15) is 11.9 Å². The number of benzene rings is 1. The molecule has 4 unspecified atom stereocenters. The van der Waals surface area contributed by atoms with Gasteiger partial charge in [0.2, 0.25) is 5.91 Å². The number of ether oxygens (including phenoxy) is 3. The number of carbonyl (C=O) groups is 2. The Labute approximate surface area is 184 Å². The smallest absolute Gasteiger partial charge is 0.223 e. The highest BCUT2D eigenvalue weighted by Gasteiger charge is 2.49. The second-order valence-corrected chi connectivity index (χ2v) is 9.72. The predicted octanol–water partition coefficient (Wildman–Crippen LogP) is 3.53. The molecule has 0 bridgehead atoms. The Balaban J connectivity index is 1.14. The summed E-state index contributed by atoms with van der Waals surface area (Å²) in [5, 5.41) is 3.08. The predicted molar refractivity (Wildman–Crippen MR) is 115 cm³/mol. The van der Waals surface area contributed by atoms with E-state index < -0.39 is 0 Å². The summed E-state index contributed by atoms with van der Waals surface area (Å²) < 4.78 is 17.9. The minimum absolute atomic E-state index is 0.0205. The van der Waals surface area contributed by atoms with Crippen LogP contribution in [0.2, 0.25) is 0 Å². The number of hydrogen-bond donors (Lipinski definition) is 1. The van der Waals surface area contributed by atoms with Crippen molar-refractivity contribution in [1.82, 2.24) is 5.32 Å². The normalized spacial score (nSPS) is 30.7. The number of carbonyl (C=O) groups excluding carboxylic acids is 2. The first-order valence-corrected chi connectivity index (χ1v) is 12.0. The van der Waals surface area contributed by atoms with Crippen LogP contribution in [0.4, 0.5) is 0 Å². The highest BCUT2D eigenvalue weighted by Crippen LogP contribution is 2.35. The summed E-state index contributed by atoms with van der Waals surface area (Å²) in [5.74, 6) is 1.80. The zero-order chi connectivity index (χ0) is 21.2. The molecule has 0 aromatic heterocycles. The third kappa shape index (κ3) is 4.96. The van der Waals surface area contributed by atoms with Gasteiger partial charge < -0.3 is 19.5 Å². The van der Waals surface area contributed by atoms with Crippen LogP contribution in [0.1, 0.15) is 61.7 Å². The number of rotatable bonds is 8. The Bertz CT molecular complexity index is 801. The van der Waals surface area contributed by atoms with Crippen LogP contribution in [-0.4, -0.2) is 49.8 Å². The van der Waals surface area contributed by atoms with Crippen molar-refractivity contribution in [2.24, 2.45) is 17.8 Å². The van der Waals surface area contributed by atoms with Crippen molar-refractivity contribution in [3.63, 3.8) is 0 Å². The van der Waals surface area contributed by atoms with Crippen LogP contribution in [0, 0.1) is 17.8 Å². The molecule has 2 saturated heterocycles. The van der Waals surface area contributed by atoms with Crippen LogP contribution < -0.4 is 10.1 Å². The Morgan fingerprint density at radius 2 is 1.81 bits per heavy atom. The van der Waals surface area contributed by atoms with Crippen molar-refractivity contribution in [2.75, 3.05) is 19.8 Å². The minimum atomic E-state index is -0.148. The molecule has 1 N–H and O–H groups in total. The molecule has 4 fully saturated rings. The Kier molecular flexibility index (Phi) is 6.28. The second-order valence-electron chi connectivity index (χ2n) is 9.72. The molecular formula is C25H33NO5. The lowest BCUT2D eigenvalue weighted by Gasteiger charge is -2.21. The summed E-state index contributed by atoms with van der Waals surface area (Å²) in [6.45, 7) is 1.69. The van der Waals surface area contributed by atoms with E-state index in [1.54, 1.807) is 0 Å². The summed E-state index contributed by atoms with van der Waals surface area (Å²) in [7, 11) is 0. The molecule has 2 saturated carbocycles. The summed E-state index contributed by atoms with van der Waals surface area (Å²) in [6.07, 6.45) is 8.49. The molecule has 1 aromatic carbocycles. The largest absolute Gasteiger partial charge is 0.493 e. The van der Waals surface area contributed by atoms with E-state index >= 15 is 0 Å².